The van der Waals surface area contributed by atoms with E-state index in [0.29, 0.717) is 12.1 Å². The molecular formula is C14H27N3. The summed E-state index contributed by atoms with van der Waals surface area (Å²) < 4.78 is 0. The van der Waals surface area contributed by atoms with Crippen molar-refractivity contribution in [2.45, 2.75) is 38.3 Å². The number of likely N-dealkylation sites (N-methyl/N-ethyl adjacent to an activating group) is 2. The smallest absolute Gasteiger partial charge is 0.0235 e. The SMILES string of the molecule is CC#CCCC(CC1CN(C)CCN1C)NC. The van der Waals surface area contributed by atoms with Crippen molar-refractivity contribution >= 4 is 0 Å². The highest BCUT2D eigenvalue weighted by Gasteiger charge is 2.24. The van der Waals surface area contributed by atoms with E-state index >= 15 is 0 Å². The topological polar surface area (TPSA) is 18.5 Å². The summed E-state index contributed by atoms with van der Waals surface area (Å²) in [6, 6.07) is 1.27. The van der Waals surface area contributed by atoms with Gasteiger partial charge in [-0.05, 0) is 40.9 Å². The fourth-order valence-corrected chi connectivity index (χ4v) is 2.44. The van der Waals surface area contributed by atoms with E-state index in [0.717, 1.165) is 12.8 Å². The lowest BCUT2D eigenvalue weighted by molar-refractivity contribution is 0.101. The second-order valence-electron chi connectivity index (χ2n) is 5.08. The number of piperazine rings is 1. The average Bonchev–Trinajstić information content (AvgIpc) is 2.32. The summed E-state index contributed by atoms with van der Waals surface area (Å²) in [4.78, 5) is 4.93. The Morgan fingerprint density at radius 1 is 1.35 bits per heavy atom. The van der Waals surface area contributed by atoms with Crippen LogP contribution in [0.1, 0.15) is 26.2 Å². The molecule has 1 aliphatic heterocycles. The van der Waals surface area contributed by atoms with E-state index in [1.165, 1.54) is 26.1 Å². The summed E-state index contributed by atoms with van der Waals surface area (Å²) in [5.74, 6) is 6.13. The molecule has 0 saturated carbocycles. The third-order valence-corrected chi connectivity index (χ3v) is 3.74. The zero-order valence-corrected chi connectivity index (χ0v) is 11.8. The van der Waals surface area contributed by atoms with Gasteiger partial charge in [0.05, 0.1) is 0 Å². The third-order valence-electron chi connectivity index (χ3n) is 3.74. The number of rotatable bonds is 5. The number of nitrogens with zero attached hydrogens (tertiary/aromatic N) is 2. The van der Waals surface area contributed by atoms with E-state index < -0.39 is 0 Å². The molecule has 0 aromatic carbocycles. The highest BCUT2D eigenvalue weighted by Crippen LogP contribution is 2.14. The summed E-state index contributed by atoms with van der Waals surface area (Å²) >= 11 is 0. The molecule has 3 heteroatoms. The number of nitrogens with one attached hydrogen (secondary N) is 1. The quantitative estimate of drug-likeness (QED) is 0.720. The van der Waals surface area contributed by atoms with Crippen LogP contribution in [0.25, 0.3) is 0 Å². The second kappa shape index (κ2) is 7.71. The average molecular weight is 237 g/mol. The van der Waals surface area contributed by atoms with Crippen LogP contribution in [-0.4, -0.2) is 62.7 Å². The van der Waals surface area contributed by atoms with Crippen LogP contribution in [0.4, 0.5) is 0 Å². The van der Waals surface area contributed by atoms with E-state index in [4.69, 9.17) is 0 Å². The fraction of sp³-hybridized carbons (Fsp3) is 0.857. The Bertz CT molecular complexity index is 266. The van der Waals surface area contributed by atoms with Crippen LogP contribution < -0.4 is 5.32 Å². The summed E-state index contributed by atoms with van der Waals surface area (Å²) in [5, 5.41) is 3.43. The molecule has 1 fully saturated rings. The van der Waals surface area contributed by atoms with Gasteiger partial charge in [-0.15, -0.1) is 11.8 Å². The first-order chi connectivity index (χ1) is 8.17. The first-order valence-electron chi connectivity index (χ1n) is 6.63. The van der Waals surface area contributed by atoms with Crippen molar-refractivity contribution in [3.63, 3.8) is 0 Å². The highest BCUT2D eigenvalue weighted by molar-refractivity contribution is 4.96. The fourth-order valence-electron chi connectivity index (χ4n) is 2.44. The van der Waals surface area contributed by atoms with Gasteiger partial charge in [-0.25, -0.2) is 0 Å². The number of hydrogen-bond acceptors (Lipinski definition) is 3. The van der Waals surface area contributed by atoms with Crippen molar-refractivity contribution in [3.8, 4) is 11.8 Å². The zero-order chi connectivity index (χ0) is 12.7. The van der Waals surface area contributed by atoms with Gasteiger partial charge in [-0.2, -0.15) is 0 Å². The molecule has 0 amide bonds. The van der Waals surface area contributed by atoms with E-state index in [1.54, 1.807) is 0 Å². The maximum absolute atomic E-state index is 3.43. The Balaban J connectivity index is 2.39. The van der Waals surface area contributed by atoms with Crippen molar-refractivity contribution < 1.29 is 0 Å². The maximum atomic E-state index is 3.43. The summed E-state index contributed by atoms with van der Waals surface area (Å²) in [6.07, 6.45) is 3.39. The predicted molar refractivity (Wildman–Crippen MR) is 74.1 cm³/mol. The van der Waals surface area contributed by atoms with Gasteiger partial charge in [-0.1, -0.05) is 0 Å². The van der Waals surface area contributed by atoms with Gasteiger partial charge in [0.1, 0.15) is 0 Å². The Hall–Kier alpha value is -0.560. The monoisotopic (exact) mass is 237 g/mol. The van der Waals surface area contributed by atoms with Crippen molar-refractivity contribution in [2.75, 3.05) is 40.8 Å². The Labute approximate surface area is 107 Å². The summed E-state index contributed by atoms with van der Waals surface area (Å²) in [6.45, 7) is 5.48. The summed E-state index contributed by atoms with van der Waals surface area (Å²) in [5.41, 5.74) is 0. The lowest BCUT2D eigenvalue weighted by Crippen LogP contribution is -2.51. The molecule has 1 heterocycles. The van der Waals surface area contributed by atoms with Crippen LogP contribution in [0.5, 0.6) is 0 Å². The van der Waals surface area contributed by atoms with Gasteiger partial charge in [0.2, 0.25) is 0 Å². The molecule has 0 bridgehead atoms. The molecule has 17 heavy (non-hydrogen) atoms. The largest absolute Gasteiger partial charge is 0.317 e. The van der Waals surface area contributed by atoms with E-state index in [-0.39, 0.29) is 0 Å². The van der Waals surface area contributed by atoms with Gasteiger partial charge in [0.25, 0.3) is 0 Å². The van der Waals surface area contributed by atoms with Crippen LogP contribution in [0.3, 0.4) is 0 Å². The molecule has 1 N–H and O–H groups in total. The molecule has 0 aliphatic carbocycles. The van der Waals surface area contributed by atoms with E-state index in [2.05, 4.69) is 48.1 Å². The lowest BCUT2D eigenvalue weighted by Gasteiger charge is -2.39. The molecule has 0 radical (unpaired) electrons. The van der Waals surface area contributed by atoms with Crippen LogP contribution in [0.2, 0.25) is 0 Å². The lowest BCUT2D eigenvalue weighted by atomic mass is 10.00. The molecule has 1 aliphatic rings. The van der Waals surface area contributed by atoms with Crippen molar-refractivity contribution in [1.29, 1.82) is 0 Å². The van der Waals surface area contributed by atoms with E-state index in [1.807, 2.05) is 6.92 Å². The van der Waals surface area contributed by atoms with Crippen molar-refractivity contribution in [2.24, 2.45) is 0 Å². The van der Waals surface area contributed by atoms with Gasteiger partial charge in [-0.3, -0.25) is 0 Å². The standard InChI is InChI=1S/C14H27N3/c1-5-6-7-8-13(15-2)11-14-12-16(3)9-10-17(14)4/h13-15H,7-12H2,1-4H3. The molecule has 2 unspecified atom stereocenters. The van der Waals surface area contributed by atoms with Crippen molar-refractivity contribution in [1.82, 2.24) is 15.1 Å². The molecule has 2 atom stereocenters. The van der Waals surface area contributed by atoms with Crippen LogP contribution in [-0.2, 0) is 0 Å². The van der Waals surface area contributed by atoms with Crippen LogP contribution in [0.15, 0.2) is 0 Å². The van der Waals surface area contributed by atoms with Gasteiger partial charge >= 0.3 is 0 Å². The predicted octanol–water partition coefficient (Wildman–Crippen LogP) is 1.01. The first kappa shape index (κ1) is 14.5. The van der Waals surface area contributed by atoms with Crippen molar-refractivity contribution in [3.05, 3.63) is 0 Å². The van der Waals surface area contributed by atoms with Gasteiger partial charge < -0.3 is 15.1 Å². The van der Waals surface area contributed by atoms with E-state index in [9.17, 15) is 0 Å². The minimum atomic E-state index is 0.592. The molecule has 3 nitrogen and oxygen atoms in total. The molecule has 1 saturated heterocycles. The molecular weight excluding hydrogens is 210 g/mol. The Morgan fingerprint density at radius 2 is 2.12 bits per heavy atom. The third kappa shape index (κ3) is 5.08. The molecule has 0 aromatic heterocycles. The Kier molecular flexibility index (Phi) is 6.57. The zero-order valence-electron chi connectivity index (χ0n) is 11.8. The normalized spacial score (nSPS) is 24.1. The first-order valence-corrected chi connectivity index (χ1v) is 6.63. The van der Waals surface area contributed by atoms with Crippen LogP contribution >= 0.6 is 0 Å². The second-order valence-corrected chi connectivity index (χ2v) is 5.08. The highest BCUT2D eigenvalue weighted by atomic mass is 15.3. The molecule has 1 rings (SSSR count). The minimum Gasteiger partial charge on any atom is -0.317 e. The van der Waals surface area contributed by atoms with Gasteiger partial charge in [0, 0.05) is 38.1 Å². The summed E-state index contributed by atoms with van der Waals surface area (Å²) in [7, 11) is 6.53. The number of hydrogen-bond donors (Lipinski definition) is 1. The molecule has 0 spiro atoms. The Morgan fingerprint density at radius 3 is 2.76 bits per heavy atom. The van der Waals surface area contributed by atoms with Crippen LogP contribution in [0, 0.1) is 11.8 Å². The minimum absolute atomic E-state index is 0.592. The maximum Gasteiger partial charge on any atom is 0.0235 e. The molecule has 0 aromatic rings. The van der Waals surface area contributed by atoms with Gasteiger partial charge in [0.15, 0.2) is 0 Å². The molecule has 98 valence electrons.